The van der Waals surface area contributed by atoms with Gasteiger partial charge in [0, 0.05) is 18.2 Å². The number of hydrogen-bond donors (Lipinski definition) is 0. The van der Waals surface area contributed by atoms with Crippen LogP contribution < -0.4 is 0 Å². The summed E-state index contributed by atoms with van der Waals surface area (Å²) in [5, 5.41) is 11.4. The lowest BCUT2D eigenvalue weighted by Gasteiger charge is -2.25. The van der Waals surface area contributed by atoms with Gasteiger partial charge >= 0.3 is 5.82 Å². The van der Waals surface area contributed by atoms with E-state index >= 15 is 0 Å². The van der Waals surface area contributed by atoms with Crippen LogP contribution in [0.4, 0.5) is 5.82 Å². The summed E-state index contributed by atoms with van der Waals surface area (Å²) in [5.74, 6) is -0.164. The number of aromatic nitrogens is 1. The van der Waals surface area contributed by atoms with Crippen LogP contribution in [0.25, 0.3) is 0 Å². The molecule has 0 atom stereocenters. The normalized spacial score (nSPS) is 12.2. The van der Waals surface area contributed by atoms with Crippen molar-refractivity contribution in [1.82, 2.24) is 9.88 Å². The number of ether oxygens (including phenoxy) is 2. The van der Waals surface area contributed by atoms with Crippen molar-refractivity contribution in [2.75, 3.05) is 7.05 Å². The topological polar surface area (TPSA) is 77.7 Å². The minimum Gasteiger partial charge on any atom is -0.358 e. The molecule has 1 aromatic rings. The molecule has 1 aromatic heterocycles. The molecule has 25 heavy (non-hydrogen) atoms. The first-order valence-electron chi connectivity index (χ1n) is 7.90. The maximum absolute atomic E-state index is 10.7. The summed E-state index contributed by atoms with van der Waals surface area (Å²) >= 11 is 0. The molecule has 0 aromatic carbocycles. The fraction of sp³-hybridized carbons (Fsp3) is 0.588. The van der Waals surface area contributed by atoms with Crippen molar-refractivity contribution in [2.45, 2.75) is 59.3 Å². The average molecular weight is 369 g/mol. The largest absolute Gasteiger partial charge is 0.363 e. The van der Waals surface area contributed by atoms with Gasteiger partial charge in [-0.2, -0.15) is 0 Å². The molecule has 0 aliphatic heterocycles. The van der Waals surface area contributed by atoms with Crippen molar-refractivity contribution < 1.29 is 14.4 Å². The van der Waals surface area contributed by atoms with Gasteiger partial charge in [0.2, 0.25) is 0 Å². The number of rotatable bonds is 4. The molecule has 0 saturated carbocycles. The molecule has 0 radical (unpaired) electrons. The van der Waals surface area contributed by atoms with Crippen molar-refractivity contribution in [2.24, 2.45) is 0 Å². The predicted octanol–water partition coefficient (Wildman–Crippen LogP) is 3.63. The van der Waals surface area contributed by atoms with E-state index in [4.69, 9.17) is 9.47 Å². The fourth-order valence-electron chi connectivity index (χ4n) is 1.62. The Morgan fingerprint density at radius 3 is 2.36 bits per heavy atom. The summed E-state index contributed by atoms with van der Waals surface area (Å²) in [6, 6.07) is 3.09. The van der Waals surface area contributed by atoms with Gasteiger partial charge in [-0.1, -0.05) is 10.9 Å². The molecule has 8 heteroatoms. The quantitative estimate of drug-likeness (QED) is 0.458. The molecule has 0 aliphatic carbocycles. The Morgan fingerprint density at radius 1 is 1.28 bits per heavy atom. The third-order valence-corrected chi connectivity index (χ3v) is 3.46. The Labute approximate surface area is 152 Å². The van der Waals surface area contributed by atoms with Crippen molar-refractivity contribution >= 4 is 27.5 Å². The molecule has 0 bridgehead atoms. The third kappa shape index (κ3) is 8.87. The second kappa shape index (κ2) is 8.66. The van der Waals surface area contributed by atoms with Gasteiger partial charge in [-0.15, -0.1) is 0 Å². The zero-order valence-electron chi connectivity index (χ0n) is 15.9. The molecule has 1 rings (SSSR count). The van der Waals surface area contributed by atoms with Crippen LogP contribution in [-0.4, -0.2) is 43.8 Å². The van der Waals surface area contributed by atoms with E-state index in [2.05, 4.69) is 4.98 Å². The molecular formula is C17H27N3O4S. The maximum atomic E-state index is 10.7. The lowest BCUT2D eigenvalue weighted by Crippen LogP contribution is -2.34. The smallest absolute Gasteiger partial charge is 0.358 e. The van der Waals surface area contributed by atoms with Crippen LogP contribution in [0.1, 0.15) is 47.1 Å². The van der Waals surface area contributed by atoms with E-state index in [1.807, 2.05) is 53.5 Å². The summed E-state index contributed by atoms with van der Waals surface area (Å²) in [7, 11) is 3.24. The SMILES string of the molecule is CN(Cc1ccc([N+](=O)[O-])nc1)C(OC(C)(C)C)=S=COC(C)(C)C. The Bertz CT molecular complexity index is 654. The zero-order valence-corrected chi connectivity index (χ0v) is 16.7. The Morgan fingerprint density at radius 2 is 1.92 bits per heavy atom. The monoisotopic (exact) mass is 369 g/mol. The number of hydrogen-bond acceptors (Lipinski definition) is 5. The van der Waals surface area contributed by atoms with Gasteiger partial charge in [0.05, 0.1) is 16.8 Å². The van der Waals surface area contributed by atoms with Crippen molar-refractivity contribution in [3.8, 4) is 0 Å². The highest BCUT2D eigenvalue weighted by Gasteiger charge is 2.18. The Kier molecular flexibility index (Phi) is 7.43. The minimum atomic E-state index is -0.511. The van der Waals surface area contributed by atoms with Crippen LogP contribution in [0.5, 0.6) is 0 Å². The van der Waals surface area contributed by atoms with Gasteiger partial charge in [0.15, 0.2) is 5.17 Å². The molecule has 0 spiro atoms. The first-order valence-corrected chi connectivity index (χ1v) is 8.78. The van der Waals surface area contributed by atoms with Crippen LogP contribution in [-0.2, 0) is 16.0 Å². The van der Waals surface area contributed by atoms with Gasteiger partial charge < -0.3 is 19.6 Å². The molecule has 0 fully saturated rings. The highest BCUT2D eigenvalue weighted by Crippen LogP contribution is 2.14. The van der Waals surface area contributed by atoms with E-state index in [1.54, 1.807) is 11.6 Å². The van der Waals surface area contributed by atoms with Crippen LogP contribution in [0, 0.1) is 10.1 Å². The minimum absolute atomic E-state index is 0.164. The van der Waals surface area contributed by atoms with Crippen LogP contribution in [0.2, 0.25) is 0 Å². The molecule has 0 saturated heterocycles. The molecule has 0 aliphatic rings. The molecule has 7 nitrogen and oxygen atoms in total. The first-order chi connectivity index (χ1) is 11.4. The summed E-state index contributed by atoms with van der Waals surface area (Å²) < 4.78 is 11.7. The van der Waals surface area contributed by atoms with Crippen molar-refractivity contribution in [3.05, 3.63) is 34.0 Å². The van der Waals surface area contributed by atoms with E-state index in [0.717, 1.165) is 5.56 Å². The van der Waals surface area contributed by atoms with Gasteiger partial charge in [-0.05, 0) is 64.6 Å². The Hall–Kier alpha value is -1.61. The van der Waals surface area contributed by atoms with Crippen molar-refractivity contribution in [1.29, 1.82) is 0 Å². The maximum Gasteiger partial charge on any atom is 0.363 e. The van der Waals surface area contributed by atoms with E-state index in [0.29, 0.717) is 11.7 Å². The second-order valence-electron chi connectivity index (χ2n) is 7.56. The van der Waals surface area contributed by atoms with Gasteiger partial charge in [0.1, 0.15) is 6.20 Å². The molecule has 0 amide bonds. The van der Waals surface area contributed by atoms with Gasteiger partial charge in [-0.3, -0.25) is 0 Å². The third-order valence-electron chi connectivity index (χ3n) is 2.67. The van der Waals surface area contributed by atoms with Crippen LogP contribution in [0.3, 0.4) is 0 Å². The summed E-state index contributed by atoms with van der Waals surface area (Å²) in [6.45, 7) is 12.3. The molecule has 0 N–H and O–H groups in total. The van der Waals surface area contributed by atoms with Crippen molar-refractivity contribution in [3.63, 3.8) is 0 Å². The molecule has 140 valence electrons. The van der Waals surface area contributed by atoms with Crippen LogP contribution >= 0.6 is 10.9 Å². The highest BCUT2D eigenvalue weighted by molar-refractivity contribution is 7.96. The Balaban J connectivity index is 2.96. The van der Waals surface area contributed by atoms with Crippen LogP contribution in [0.15, 0.2) is 18.3 Å². The van der Waals surface area contributed by atoms with Gasteiger partial charge in [-0.25, -0.2) is 4.90 Å². The summed E-state index contributed by atoms with van der Waals surface area (Å²) in [5.41, 5.74) is 1.87. The van der Waals surface area contributed by atoms with Gasteiger partial charge in [0.25, 0.3) is 0 Å². The fourth-order valence-corrected chi connectivity index (χ4v) is 2.58. The number of nitrogens with zero attached hydrogens (tertiary/aromatic N) is 3. The first kappa shape index (κ1) is 21.4. The van der Waals surface area contributed by atoms with E-state index in [1.165, 1.54) is 23.2 Å². The number of pyridine rings is 1. The summed E-state index contributed by atoms with van der Waals surface area (Å²) in [4.78, 5) is 15.9. The van der Waals surface area contributed by atoms with E-state index < -0.39 is 4.92 Å². The average Bonchev–Trinajstić information content (AvgIpc) is 2.44. The lowest BCUT2D eigenvalue weighted by molar-refractivity contribution is -0.389. The summed E-state index contributed by atoms with van der Waals surface area (Å²) in [6.07, 6.45) is 1.50. The van der Waals surface area contributed by atoms with E-state index in [-0.39, 0.29) is 17.0 Å². The molecule has 0 unspecified atom stereocenters. The standard InChI is InChI=1S/C17H27N3O4S/c1-16(2,3)23-12-25-15(24-17(4,5)6)19(7)11-13-8-9-14(18-10-13)20(21)22/h8-10,12H,11H2,1-7H3. The van der Waals surface area contributed by atoms with E-state index in [9.17, 15) is 10.1 Å². The second-order valence-corrected chi connectivity index (χ2v) is 8.34. The molecule has 1 heterocycles. The highest BCUT2D eigenvalue weighted by atomic mass is 32.1. The predicted molar refractivity (Wildman–Crippen MR) is 103 cm³/mol. The lowest BCUT2D eigenvalue weighted by atomic mass is 10.2. The zero-order chi connectivity index (χ0) is 19.3. The number of nitro groups is 1. The molecular weight excluding hydrogens is 342 g/mol.